The van der Waals surface area contributed by atoms with Crippen LogP contribution in [-0.2, 0) is 19.1 Å². The van der Waals surface area contributed by atoms with Crippen molar-refractivity contribution in [2.24, 2.45) is 5.92 Å². The molecule has 0 bridgehead atoms. The first-order chi connectivity index (χ1) is 14.7. The molecule has 0 aromatic rings. The number of hydrogen-bond acceptors (Lipinski definition) is 4. The Labute approximate surface area is 212 Å². The van der Waals surface area contributed by atoms with E-state index in [0.717, 1.165) is 32.1 Å². The van der Waals surface area contributed by atoms with Gasteiger partial charge < -0.3 is 12.3 Å². The monoisotopic (exact) mass is 452 g/mol. The van der Waals surface area contributed by atoms with E-state index in [0.29, 0.717) is 19.6 Å². The van der Waals surface area contributed by atoms with Gasteiger partial charge in [0.2, 0.25) is 0 Å². The van der Waals surface area contributed by atoms with Gasteiger partial charge in [-0.25, -0.2) is 0 Å². The largest absolute Gasteiger partial charge is 2.00 e. The number of ether oxygens (including phenoxy) is 2. The summed E-state index contributed by atoms with van der Waals surface area (Å²) in [5.74, 6) is -1.56. The molecular weight excluding hydrogens is 401 g/mol. The second-order valence-corrected chi connectivity index (χ2v) is 8.63. The van der Waals surface area contributed by atoms with Crippen LogP contribution in [0.3, 0.4) is 0 Å². The summed E-state index contributed by atoms with van der Waals surface area (Å²) < 4.78 is 10.7. The third-order valence-corrected chi connectivity index (χ3v) is 5.63. The molecule has 0 amide bonds. The SMILES string of the molecule is CCCCCCCCCCOC(=O)C(CCC)C(=O)OCCCCCCCCCC.[H-].[H-].[Mg+2]. The number of hydrogen-bond donors (Lipinski definition) is 0. The quantitative estimate of drug-likeness (QED) is 0.0733. The van der Waals surface area contributed by atoms with Gasteiger partial charge in [0.15, 0.2) is 5.92 Å². The van der Waals surface area contributed by atoms with Crippen molar-refractivity contribution in [2.45, 2.75) is 136 Å². The number of rotatable bonds is 22. The van der Waals surface area contributed by atoms with E-state index >= 15 is 0 Å². The van der Waals surface area contributed by atoms with E-state index in [2.05, 4.69) is 13.8 Å². The average Bonchev–Trinajstić information content (AvgIpc) is 2.74. The number of esters is 2. The zero-order chi connectivity index (χ0) is 22.3. The summed E-state index contributed by atoms with van der Waals surface area (Å²) in [6.07, 6.45) is 20.6. The molecule has 0 rings (SSSR count). The van der Waals surface area contributed by atoms with Crippen molar-refractivity contribution in [2.75, 3.05) is 13.2 Å². The molecular formula is C26H52MgO4. The molecule has 0 aromatic heterocycles. The fraction of sp³-hybridized carbons (Fsp3) is 0.923. The molecule has 4 nitrogen and oxygen atoms in total. The van der Waals surface area contributed by atoms with E-state index in [4.69, 9.17) is 9.47 Å². The Kier molecular flexibility index (Phi) is 27.5. The predicted octanol–water partition coefficient (Wildman–Crippen LogP) is 7.61. The van der Waals surface area contributed by atoms with E-state index in [-0.39, 0.29) is 25.9 Å². The van der Waals surface area contributed by atoms with E-state index in [9.17, 15) is 9.59 Å². The first kappa shape index (κ1) is 32.9. The van der Waals surface area contributed by atoms with Crippen LogP contribution in [0.5, 0.6) is 0 Å². The third-order valence-electron chi connectivity index (χ3n) is 5.63. The second-order valence-electron chi connectivity index (χ2n) is 8.63. The fourth-order valence-corrected chi connectivity index (χ4v) is 3.64. The molecule has 0 saturated carbocycles. The summed E-state index contributed by atoms with van der Waals surface area (Å²) >= 11 is 0. The van der Waals surface area contributed by atoms with Gasteiger partial charge in [-0.05, 0) is 19.3 Å². The molecule has 0 aliphatic rings. The van der Waals surface area contributed by atoms with Crippen LogP contribution < -0.4 is 0 Å². The number of unbranched alkanes of at least 4 members (excludes halogenated alkanes) is 14. The van der Waals surface area contributed by atoms with Gasteiger partial charge in [0.1, 0.15) is 0 Å². The Hall–Kier alpha value is -0.294. The minimum atomic E-state index is -0.752. The van der Waals surface area contributed by atoms with Gasteiger partial charge in [-0.15, -0.1) is 0 Å². The third kappa shape index (κ3) is 21.3. The molecule has 0 saturated heterocycles. The van der Waals surface area contributed by atoms with E-state index in [1.54, 1.807) is 0 Å². The maximum Gasteiger partial charge on any atom is 2.00 e. The molecule has 0 heterocycles. The van der Waals surface area contributed by atoms with Gasteiger partial charge >= 0.3 is 35.0 Å². The molecule has 0 aromatic carbocycles. The summed E-state index contributed by atoms with van der Waals surface area (Å²) in [5, 5.41) is 0. The van der Waals surface area contributed by atoms with Crippen molar-refractivity contribution in [3.05, 3.63) is 0 Å². The minimum Gasteiger partial charge on any atom is -1.00 e. The maximum atomic E-state index is 12.3. The maximum absolute atomic E-state index is 12.3. The zero-order valence-corrected chi connectivity index (χ0v) is 22.5. The first-order valence-electron chi connectivity index (χ1n) is 13.0. The van der Waals surface area contributed by atoms with Gasteiger partial charge in [-0.1, -0.05) is 117 Å². The van der Waals surface area contributed by atoms with E-state index < -0.39 is 17.9 Å². The summed E-state index contributed by atoms with van der Waals surface area (Å²) in [7, 11) is 0. The van der Waals surface area contributed by atoms with Crippen molar-refractivity contribution in [1.29, 1.82) is 0 Å². The van der Waals surface area contributed by atoms with Crippen molar-refractivity contribution >= 4 is 35.0 Å². The Bertz CT molecular complexity index is 378. The van der Waals surface area contributed by atoms with Gasteiger partial charge in [0, 0.05) is 0 Å². The van der Waals surface area contributed by atoms with Crippen LogP contribution in [0.4, 0.5) is 0 Å². The molecule has 182 valence electrons. The van der Waals surface area contributed by atoms with Gasteiger partial charge in [-0.3, -0.25) is 9.59 Å². The smallest absolute Gasteiger partial charge is 1.00 e. The van der Waals surface area contributed by atoms with Crippen LogP contribution in [0.2, 0.25) is 0 Å². The van der Waals surface area contributed by atoms with Gasteiger partial charge in [0.25, 0.3) is 0 Å². The Morgan fingerprint density at radius 1 is 0.548 bits per heavy atom. The molecule has 0 unspecified atom stereocenters. The summed E-state index contributed by atoms with van der Waals surface area (Å²) in [6, 6.07) is 0. The van der Waals surface area contributed by atoms with Crippen LogP contribution in [0, 0.1) is 5.92 Å². The van der Waals surface area contributed by atoms with Crippen LogP contribution in [0.25, 0.3) is 0 Å². The molecule has 0 atom stereocenters. The molecule has 0 aliphatic carbocycles. The predicted molar refractivity (Wildman–Crippen MR) is 134 cm³/mol. The van der Waals surface area contributed by atoms with Crippen LogP contribution in [0.15, 0.2) is 0 Å². The Morgan fingerprint density at radius 2 is 0.871 bits per heavy atom. The summed E-state index contributed by atoms with van der Waals surface area (Å²) in [6.45, 7) is 7.27. The second kappa shape index (κ2) is 26.0. The van der Waals surface area contributed by atoms with Crippen LogP contribution in [-0.4, -0.2) is 48.2 Å². The average molecular weight is 453 g/mol. The van der Waals surface area contributed by atoms with Crippen molar-refractivity contribution in [3.8, 4) is 0 Å². The van der Waals surface area contributed by atoms with Gasteiger partial charge in [0.05, 0.1) is 13.2 Å². The Balaban J connectivity index is -0.00000140. The topological polar surface area (TPSA) is 52.6 Å². The number of carbonyl (C=O) groups excluding carboxylic acids is 2. The Morgan fingerprint density at radius 3 is 1.19 bits per heavy atom. The van der Waals surface area contributed by atoms with Crippen LogP contribution in [0.1, 0.15) is 139 Å². The summed E-state index contributed by atoms with van der Waals surface area (Å²) in [5.41, 5.74) is 0. The normalized spacial score (nSPS) is 10.7. The molecule has 0 aliphatic heterocycles. The molecule has 31 heavy (non-hydrogen) atoms. The van der Waals surface area contributed by atoms with Crippen molar-refractivity contribution < 1.29 is 21.9 Å². The number of carbonyl (C=O) groups is 2. The van der Waals surface area contributed by atoms with Crippen molar-refractivity contribution in [1.82, 2.24) is 0 Å². The molecule has 0 spiro atoms. The zero-order valence-electron chi connectivity index (χ0n) is 23.1. The molecule has 0 radical (unpaired) electrons. The molecule has 5 heteroatoms. The van der Waals surface area contributed by atoms with E-state index in [1.807, 2.05) is 6.92 Å². The van der Waals surface area contributed by atoms with Crippen LogP contribution >= 0.6 is 0 Å². The first-order valence-corrected chi connectivity index (χ1v) is 13.0. The minimum absolute atomic E-state index is 0. The summed E-state index contributed by atoms with van der Waals surface area (Å²) in [4.78, 5) is 24.6. The van der Waals surface area contributed by atoms with Gasteiger partial charge in [-0.2, -0.15) is 0 Å². The standard InChI is InChI=1S/C26H50O4.Mg.2H/c1-4-7-9-11-13-15-17-19-22-29-25(27)24(21-6-3)26(28)30-23-20-18-16-14-12-10-8-5-2;;;/h24H,4-23H2,1-3H3;;;/q;+2;2*-1. The van der Waals surface area contributed by atoms with E-state index in [1.165, 1.54) is 77.0 Å². The molecule has 0 fully saturated rings. The fourth-order valence-electron chi connectivity index (χ4n) is 3.64. The molecule has 0 N–H and O–H groups in total. The van der Waals surface area contributed by atoms with Crippen molar-refractivity contribution in [3.63, 3.8) is 0 Å².